The van der Waals surface area contributed by atoms with Gasteiger partial charge in [-0.25, -0.2) is 8.42 Å². The lowest BCUT2D eigenvalue weighted by Crippen LogP contribution is -2.37. The van der Waals surface area contributed by atoms with Crippen molar-refractivity contribution >= 4 is 55.8 Å². The Labute approximate surface area is 176 Å². The molecule has 2 rings (SSSR count). The monoisotopic (exact) mass is 460 g/mol. The molecule has 0 spiro atoms. The molecule has 1 aromatic carbocycles. The summed E-state index contributed by atoms with van der Waals surface area (Å²) in [5, 5.41) is 10.4. The highest BCUT2D eigenvalue weighted by Crippen LogP contribution is 2.30. The molecular weight excluding hydrogens is 440 g/mol. The lowest BCUT2D eigenvalue weighted by molar-refractivity contribution is -0.137. The molecule has 1 amide bonds. The third kappa shape index (κ3) is 6.87. The summed E-state index contributed by atoms with van der Waals surface area (Å²) < 4.78 is 36.0. The zero-order valence-electron chi connectivity index (χ0n) is 15.9. The summed E-state index contributed by atoms with van der Waals surface area (Å²) >= 11 is 2.18. The van der Waals surface area contributed by atoms with Gasteiger partial charge in [0.2, 0.25) is 21.1 Å². The zero-order chi connectivity index (χ0) is 21.4. The Morgan fingerprint density at radius 2 is 2.00 bits per heavy atom. The van der Waals surface area contributed by atoms with E-state index in [1.54, 1.807) is 31.2 Å². The molecule has 0 saturated heterocycles. The van der Waals surface area contributed by atoms with Gasteiger partial charge in [0.05, 0.1) is 31.4 Å². The molecule has 0 aliphatic rings. The van der Waals surface area contributed by atoms with Gasteiger partial charge in [-0.3, -0.25) is 19.2 Å². The minimum absolute atomic E-state index is 0.0646. The Balaban J connectivity index is 2.10. The number of esters is 1. The molecule has 0 fully saturated rings. The summed E-state index contributed by atoms with van der Waals surface area (Å²) in [4.78, 5) is 23.6. The third-order valence-corrected chi connectivity index (χ3v) is 6.39. The van der Waals surface area contributed by atoms with Gasteiger partial charge in [0.25, 0.3) is 0 Å². The number of anilines is 2. The zero-order valence-corrected chi connectivity index (χ0v) is 18.4. The number of methoxy groups -OCH3 is 1. The minimum atomic E-state index is -3.76. The predicted molar refractivity (Wildman–Crippen MR) is 111 cm³/mol. The molecule has 1 heterocycles. The van der Waals surface area contributed by atoms with E-state index < -0.39 is 28.4 Å². The number of benzene rings is 1. The van der Waals surface area contributed by atoms with E-state index in [1.165, 1.54) is 7.11 Å². The molecule has 0 aliphatic heterocycles. The van der Waals surface area contributed by atoms with Crippen LogP contribution in [-0.4, -0.2) is 62.8 Å². The van der Waals surface area contributed by atoms with E-state index in [4.69, 9.17) is 4.74 Å². The summed E-state index contributed by atoms with van der Waals surface area (Å²) in [6.07, 6.45) is 1.01. The van der Waals surface area contributed by atoms with E-state index >= 15 is 0 Å². The van der Waals surface area contributed by atoms with E-state index in [0.29, 0.717) is 16.7 Å². The third-order valence-electron chi connectivity index (χ3n) is 3.32. The molecule has 0 saturated carbocycles. The number of hydrogen-bond acceptors (Lipinski definition) is 10. The van der Waals surface area contributed by atoms with Gasteiger partial charge >= 0.3 is 5.97 Å². The largest absolute Gasteiger partial charge is 0.492 e. The van der Waals surface area contributed by atoms with E-state index in [2.05, 4.69) is 20.3 Å². The molecule has 1 aromatic heterocycles. The number of sulfonamides is 1. The van der Waals surface area contributed by atoms with Crippen molar-refractivity contribution in [2.24, 2.45) is 0 Å². The second-order valence-corrected chi connectivity index (χ2v) is 9.56. The number of aromatic nitrogens is 2. The van der Waals surface area contributed by atoms with Gasteiger partial charge in [0.15, 0.2) is 4.34 Å². The number of hydrogen-bond donors (Lipinski definition) is 1. The number of rotatable bonds is 10. The quantitative estimate of drug-likeness (QED) is 0.319. The molecule has 1 N–H and O–H groups in total. The maximum absolute atomic E-state index is 12.4. The average Bonchev–Trinajstić information content (AvgIpc) is 3.11. The van der Waals surface area contributed by atoms with Gasteiger partial charge in [-0.2, -0.15) is 0 Å². The first-order valence-corrected chi connectivity index (χ1v) is 11.9. The summed E-state index contributed by atoms with van der Waals surface area (Å²) in [6.45, 7) is 1.66. The van der Waals surface area contributed by atoms with E-state index in [9.17, 15) is 18.0 Å². The van der Waals surface area contributed by atoms with Gasteiger partial charge in [0, 0.05) is 0 Å². The summed E-state index contributed by atoms with van der Waals surface area (Å²) in [7, 11) is -2.47. The van der Waals surface area contributed by atoms with Crippen molar-refractivity contribution in [2.75, 3.05) is 41.9 Å². The molecular formula is C16H20N4O6S3. The highest BCUT2D eigenvalue weighted by molar-refractivity contribution is 8.01. The van der Waals surface area contributed by atoms with Crippen molar-refractivity contribution in [3.63, 3.8) is 0 Å². The predicted octanol–water partition coefficient (Wildman–Crippen LogP) is 1.61. The van der Waals surface area contributed by atoms with Crippen LogP contribution in [0, 0.1) is 0 Å². The molecule has 0 atom stereocenters. The van der Waals surface area contributed by atoms with Gasteiger partial charge in [-0.05, 0) is 19.1 Å². The molecule has 29 heavy (non-hydrogen) atoms. The van der Waals surface area contributed by atoms with Gasteiger partial charge in [0.1, 0.15) is 12.3 Å². The smallest absolute Gasteiger partial charge is 0.316 e. The number of nitrogens with one attached hydrogen (secondary N) is 1. The van der Waals surface area contributed by atoms with Crippen LogP contribution in [-0.2, 0) is 24.3 Å². The standard InChI is InChI=1S/C16H20N4O6S3/c1-4-26-12-8-6-5-7-11(12)20(29(3,23)24)9-13(21)17-15-18-19-16(28-15)27-10-14(22)25-2/h5-8H,4,9-10H2,1-3H3,(H,17,18,21). The Hall–Kier alpha value is -2.38. The Morgan fingerprint density at radius 1 is 1.28 bits per heavy atom. The van der Waals surface area contributed by atoms with E-state index in [0.717, 1.165) is 33.7 Å². The van der Waals surface area contributed by atoms with Crippen molar-refractivity contribution in [1.82, 2.24) is 10.2 Å². The SMILES string of the molecule is CCOc1ccccc1N(CC(=O)Nc1nnc(SCC(=O)OC)s1)S(C)(=O)=O. The number of para-hydroxylation sites is 2. The van der Waals surface area contributed by atoms with Crippen molar-refractivity contribution < 1.29 is 27.5 Å². The minimum Gasteiger partial charge on any atom is -0.492 e. The van der Waals surface area contributed by atoms with Crippen molar-refractivity contribution in [2.45, 2.75) is 11.3 Å². The van der Waals surface area contributed by atoms with Crippen molar-refractivity contribution in [3.8, 4) is 5.75 Å². The van der Waals surface area contributed by atoms with Crippen LogP contribution in [0.4, 0.5) is 10.8 Å². The fraction of sp³-hybridized carbons (Fsp3) is 0.375. The maximum Gasteiger partial charge on any atom is 0.316 e. The normalized spacial score (nSPS) is 11.0. The molecule has 13 heteroatoms. The molecule has 0 bridgehead atoms. The van der Waals surface area contributed by atoms with Crippen LogP contribution < -0.4 is 14.4 Å². The second-order valence-electron chi connectivity index (χ2n) is 5.46. The highest BCUT2D eigenvalue weighted by atomic mass is 32.2. The lowest BCUT2D eigenvalue weighted by atomic mass is 10.3. The number of ether oxygens (including phenoxy) is 2. The molecule has 0 aliphatic carbocycles. The molecule has 158 valence electrons. The maximum atomic E-state index is 12.4. The van der Waals surface area contributed by atoms with Gasteiger partial charge in [-0.15, -0.1) is 10.2 Å². The van der Waals surface area contributed by atoms with Crippen molar-refractivity contribution in [1.29, 1.82) is 0 Å². The molecule has 2 aromatic rings. The van der Waals surface area contributed by atoms with Gasteiger partial charge < -0.3 is 9.47 Å². The summed E-state index contributed by atoms with van der Waals surface area (Å²) in [5.74, 6) is -0.588. The van der Waals surface area contributed by atoms with Crippen molar-refractivity contribution in [3.05, 3.63) is 24.3 Å². The van der Waals surface area contributed by atoms with Crippen LogP contribution in [0.25, 0.3) is 0 Å². The topological polar surface area (TPSA) is 128 Å². The van der Waals surface area contributed by atoms with E-state index in [-0.39, 0.29) is 16.6 Å². The van der Waals surface area contributed by atoms with Crippen LogP contribution in [0.15, 0.2) is 28.6 Å². The van der Waals surface area contributed by atoms with Gasteiger partial charge in [-0.1, -0.05) is 35.2 Å². The molecule has 0 radical (unpaired) electrons. The Morgan fingerprint density at radius 3 is 2.66 bits per heavy atom. The fourth-order valence-corrected chi connectivity index (χ4v) is 4.57. The number of nitrogens with zero attached hydrogens (tertiary/aromatic N) is 3. The number of carbonyl (C=O) groups excluding carboxylic acids is 2. The summed E-state index contributed by atoms with van der Waals surface area (Å²) in [6, 6.07) is 6.56. The number of carbonyl (C=O) groups is 2. The second kappa shape index (κ2) is 10.4. The fourth-order valence-electron chi connectivity index (χ4n) is 2.11. The van der Waals surface area contributed by atoms with Crippen LogP contribution in [0.2, 0.25) is 0 Å². The number of amides is 1. The first-order chi connectivity index (χ1) is 13.7. The average molecular weight is 461 g/mol. The van der Waals surface area contributed by atoms with Crippen LogP contribution in [0.3, 0.4) is 0 Å². The molecule has 0 unspecified atom stereocenters. The lowest BCUT2D eigenvalue weighted by Gasteiger charge is -2.23. The summed E-state index contributed by atoms with van der Waals surface area (Å²) in [5.41, 5.74) is 0.263. The highest BCUT2D eigenvalue weighted by Gasteiger charge is 2.24. The van der Waals surface area contributed by atoms with Crippen LogP contribution in [0.1, 0.15) is 6.92 Å². The van der Waals surface area contributed by atoms with Crippen LogP contribution in [0.5, 0.6) is 5.75 Å². The molecule has 10 nitrogen and oxygen atoms in total. The first-order valence-electron chi connectivity index (χ1n) is 8.27. The Bertz CT molecular complexity index is 963. The Kier molecular flexibility index (Phi) is 8.22. The van der Waals surface area contributed by atoms with E-state index in [1.807, 2.05) is 0 Å². The first kappa shape index (κ1) is 22.9. The number of thioether (sulfide) groups is 1. The van der Waals surface area contributed by atoms with Crippen LogP contribution >= 0.6 is 23.1 Å².